The van der Waals surface area contributed by atoms with Gasteiger partial charge in [0.2, 0.25) is 0 Å². The largest absolute Gasteiger partial charge is 0.386 e. The van der Waals surface area contributed by atoms with Gasteiger partial charge in [0, 0.05) is 21.7 Å². The van der Waals surface area contributed by atoms with Crippen molar-refractivity contribution in [3.05, 3.63) is 117 Å². The molecule has 6 nitrogen and oxygen atoms in total. The lowest BCUT2D eigenvalue weighted by Gasteiger charge is -2.36. The smallest absolute Gasteiger partial charge is 0.284 e. The molecule has 3 aromatic rings. The van der Waals surface area contributed by atoms with E-state index in [0.717, 1.165) is 4.90 Å². The molecule has 0 saturated carbocycles. The van der Waals surface area contributed by atoms with E-state index in [-0.39, 0.29) is 16.3 Å². The Morgan fingerprint density at radius 3 is 1.83 bits per heavy atom. The monoisotopic (exact) mass is 418 g/mol. The van der Waals surface area contributed by atoms with Crippen molar-refractivity contribution < 1.29 is 14.5 Å². The van der Waals surface area contributed by atoms with Crippen molar-refractivity contribution in [3.8, 4) is 0 Å². The Labute approximate surface area is 177 Å². The molecule has 0 saturated heterocycles. The first kappa shape index (κ1) is 19.5. The van der Waals surface area contributed by atoms with Crippen molar-refractivity contribution in [2.45, 2.75) is 5.54 Å². The van der Waals surface area contributed by atoms with Crippen LogP contribution in [-0.4, -0.2) is 16.6 Å². The quantitative estimate of drug-likeness (QED) is 0.357. The van der Waals surface area contributed by atoms with Crippen molar-refractivity contribution in [1.29, 1.82) is 0 Å². The van der Waals surface area contributed by atoms with Crippen molar-refractivity contribution in [3.63, 3.8) is 0 Å². The summed E-state index contributed by atoms with van der Waals surface area (Å²) < 4.78 is 0. The number of nitro groups is 1. The molecule has 0 spiro atoms. The lowest BCUT2D eigenvalue weighted by molar-refractivity contribution is -0.542. The van der Waals surface area contributed by atoms with E-state index in [1.807, 2.05) is 0 Å². The summed E-state index contributed by atoms with van der Waals surface area (Å²) in [6.07, 6.45) is 0. The van der Waals surface area contributed by atoms with E-state index in [0.29, 0.717) is 11.3 Å². The molecule has 30 heavy (non-hydrogen) atoms. The Kier molecular flexibility index (Phi) is 4.93. The number of halogens is 1. The first-order chi connectivity index (χ1) is 14.5. The average Bonchev–Trinajstić information content (AvgIpc) is 2.78. The number of para-hydroxylation sites is 1. The van der Waals surface area contributed by atoms with Crippen LogP contribution in [-0.2, 0) is 15.1 Å². The predicted octanol–water partition coefficient (Wildman–Crippen LogP) is 4.38. The molecule has 1 atom stereocenters. The van der Waals surface area contributed by atoms with Crippen molar-refractivity contribution in [2.75, 3.05) is 4.90 Å². The lowest BCUT2D eigenvalue weighted by atomic mass is 9.80. The van der Waals surface area contributed by atoms with Crippen molar-refractivity contribution in [2.24, 2.45) is 0 Å². The van der Waals surface area contributed by atoms with Gasteiger partial charge in [0.15, 0.2) is 0 Å². The number of carbonyl (C=O) groups is 2. The van der Waals surface area contributed by atoms with Gasteiger partial charge in [-0.05, 0) is 12.1 Å². The molecular weight excluding hydrogens is 404 g/mol. The highest BCUT2D eigenvalue weighted by Gasteiger charge is 2.66. The molecule has 7 heteroatoms. The number of hydrogen-bond acceptors (Lipinski definition) is 4. The minimum absolute atomic E-state index is 0.0452. The lowest BCUT2D eigenvalue weighted by Crippen LogP contribution is -2.59. The second kappa shape index (κ2) is 7.57. The van der Waals surface area contributed by atoms with Crippen LogP contribution in [0.4, 0.5) is 5.69 Å². The van der Waals surface area contributed by atoms with Gasteiger partial charge in [-0.15, -0.1) is 0 Å². The number of hydrogen-bond donors (Lipinski definition) is 0. The minimum atomic E-state index is -2.67. The molecule has 0 N–H and O–H groups in total. The van der Waals surface area contributed by atoms with Crippen LogP contribution in [0.1, 0.15) is 11.1 Å². The Hall–Kier alpha value is -3.77. The predicted molar refractivity (Wildman–Crippen MR) is 113 cm³/mol. The number of carbonyl (C=O) groups excluding carboxylic acids is 2. The fraction of sp³-hybridized carbons (Fsp3) is 0.0435. The van der Waals surface area contributed by atoms with Gasteiger partial charge in [-0.1, -0.05) is 90.5 Å². The molecule has 4 rings (SSSR count). The first-order valence-electron chi connectivity index (χ1n) is 9.09. The summed E-state index contributed by atoms with van der Waals surface area (Å²) >= 11 is 6.49. The van der Waals surface area contributed by atoms with Crippen LogP contribution in [0.3, 0.4) is 0 Å². The van der Waals surface area contributed by atoms with E-state index in [2.05, 4.69) is 0 Å². The number of rotatable bonds is 4. The zero-order valence-corrected chi connectivity index (χ0v) is 16.3. The summed E-state index contributed by atoms with van der Waals surface area (Å²) in [7, 11) is 0. The zero-order chi connectivity index (χ0) is 21.3. The highest BCUT2D eigenvalue weighted by atomic mass is 35.5. The number of anilines is 1. The molecular formula is C23H15ClN2O4. The fourth-order valence-electron chi connectivity index (χ4n) is 3.60. The Balaban J connectivity index is 2.07. The number of benzene rings is 3. The molecule has 0 aliphatic carbocycles. The summed E-state index contributed by atoms with van der Waals surface area (Å²) in [6.45, 7) is 0. The third-order valence-electron chi connectivity index (χ3n) is 5.00. The maximum absolute atomic E-state index is 13.8. The van der Waals surface area contributed by atoms with Crippen LogP contribution in [0.15, 0.2) is 96.0 Å². The summed E-state index contributed by atoms with van der Waals surface area (Å²) in [5.41, 5.74) is -1.73. The second-order valence-electron chi connectivity index (χ2n) is 6.67. The summed E-state index contributed by atoms with van der Waals surface area (Å²) in [6, 6.07) is 24.6. The first-order valence-corrected chi connectivity index (χ1v) is 9.47. The SMILES string of the molecule is O=C1C(Cl)=C(c2ccccc2)N(c2ccccc2)C(=O)C1(c1ccccc1)[N+](=O)[O-]. The Morgan fingerprint density at radius 1 is 0.800 bits per heavy atom. The van der Waals surface area contributed by atoms with Gasteiger partial charge in [0.05, 0.1) is 5.70 Å². The molecule has 1 heterocycles. The van der Waals surface area contributed by atoms with Crippen LogP contribution in [0.2, 0.25) is 0 Å². The molecule has 0 aromatic heterocycles. The van der Waals surface area contributed by atoms with Crippen molar-refractivity contribution >= 4 is 34.7 Å². The maximum atomic E-state index is 13.8. The number of Topliss-reactive ketones (excluding diaryl/α,β-unsaturated/α-hetero) is 1. The number of amides is 1. The summed E-state index contributed by atoms with van der Waals surface area (Å²) in [5, 5.41) is 11.9. The van der Waals surface area contributed by atoms with Gasteiger partial charge in [-0.3, -0.25) is 24.6 Å². The normalized spacial score (nSPS) is 19.2. The van der Waals surface area contributed by atoms with Crippen molar-refractivity contribution in [1.82, 2.24) is 0 Å². The number of ketones is 1. The Morgan fingerprint density at radius 2 is 1.30 bits per heavy atom. The van der Waals surface area contributed by atoms with Crippen LogP contribution in [0.25, 0.3) is 5.70 Å². The average molecular weight is 419 g/mol. The van der Waals surface area contributed by atoms with Gasteiger partial charge < -0.3 is 0 Å². The van der Waals surface area contributed by atoms with Gasteiger partial charge in [-0.25, -0.2) is 0 Å². The van der Waals surface area contributed by atoms with E-state index < -0.39 is 22.2 Å². The molecule has 1 aliphatic rings. The van der Waals surface area contributed by atoms with E-state index in [1.54, 1.807) is 78.9 Å². The molecule has 1 amide bonds. The standard InChI is InChI=1S/C23H15ClN2O4/c24-19-20(16-10-4-1-5-11-16)25(18-14-8-3-9-15-18)22(28)23(21(19)27,26(29)30)17-12-6-2-7-13-17/h1-15H. The van der Waals surface area contributed by atoms with Gasteiger partial charge in [0.25, 0.3) is 5.78 Å². The third-order valence-corrected chi connectivity index (χ3v) is 5.35. The third kappa shape index (κ3) is 2.81. The molecule has 1 unspecified atom stereocenters. The summed E-state index contributed by atoms with van der Waals surface area (Å²) in [5.74, 6) is -2.05. The number of nitrogens with zero attached hydrogens (tertiary/aromatic N) is 2. The zero-order valence-electron chi connectivity index (χ0n) is 15.6. The fourth-order valence-corrected chi connectivity index (χ4v) is 3.93. The maximum Gasteiger partial charge on any atom is 0.386 e. The highest BCUT2D eigenvalue weighted by molar-refractivity contribution is 6.52. The Bertz CT molecular complexity index is 1160. The molecule has 0 radical (unpaired) electrons. The highest BCUT2D eigenvalue weighted by Crippen LogP contribution is 2.44. The molecule has 0 fully saturated rings. The van der Waals surface area contributed by atoms with Gasteiger partial charge >= 0.3 is 11.4 Å². The van der Waals surface area contributed by atoms with Crippen LogP contribution in [0.5, 0.6) is 0 Å². The van der Waals surface area contributed by atoms with Gasteiger partial charge in [0.1, 0.15) is 5.03 Å². The van der Waals surface area contributed by atoms with Crippen LogP contribution in [0, 0.1) is 10.1 Å². The van der Waals surface area contributed by atoms with Gasteiger partial charge in [-0.2, -0.15) is 0 Å². The van der Waals surface area contributed by atoms with E-state index in [9.17, 15) is 19.7 Å². The van der Waals surface area contributed by atoms with Crippen LogP contribution < -0.4 is 4.90 Å². The second-order valence-corrected chi connectivity index (χ2v) is 7.05. The van der Waals surface area contributed by atoms with E-state index >= 15 is 0 Å². The van der Waals surface area contributed by atoms with E-state index in [4.69, 9.17) is 11.6 Å². The molecule has 148 valence electrons. The minimum Gasteiger partial charge on any atom is -0.284 e. The van der Waals surface area contributed by atoms with E-state index in [1.165, 1.54) is 12.1 Å². The molecule has 3 aromatic carbocycles. The molecule has 1 aliphatic heterocycles. The molecule has 0 bridgehead atoms. The topological polar surface area (TPSA) is 80.5 Å². The summed E-state index contributed by atoms with van der Waals surface area (Å²) in [4.78, 5) is 39.8. The van der Waals surface area contributed by atoms with Crippen LogP contribution >= 0.6 is 11.6 Å².